The molecule has 1 aromatic carbocycles. The molecule has 2 N–H and O–H groups in total. The topological polar surface area (TPSA) is 78.8 Å². The van der Waals surface area contributed by atoms with Crippen molar-refractivity contribution in [3.05, 3.63) is 54.0 Å². The van der Waals surface area contributed by atoms with Crippen molar-refractivity contribution in [2.24, 2.45) is 0 Å². The van der Waals surface area contributed by atoms with Crippen molar-refractivity contribution < 1.29 is 9.13 Å². The molecule has 3 aromatic heterocycles. The fraction of sp³-hybridized carbons (Fsp3) is 0.286. The van der Waals surface area contributed by atoms with Gasteiger partial charge in [-0.05, 0) is 36.6 Å². The number of fused-ring (bicyclic) bond motifs is 1. The summed E-state index contributed by atoms with van der Waals surface area (Å²) in [5.74, 6) is 0.969. The van der Waals surface area contributed by atoms with Gasteiger partial charge < -0.3 is 10.5 Å². The van der Waals surface area contributed by atoms with Crippen molar-refractivity contribution in [2.45, 2.75) is 36.4 Å². The van der Waals surface area contributed by atoms with Gasteiger partial charge in [0.25, 0.3) is 0 Å². The van der Waals surface area contributed by atoms with Crippen LogP contribution in [0.5, 0.6) is 0 Å². The summed E-state index contributed by atoms with van der Waals surface area (Å²) in [4.78, 5) is 6.15. The van der Waals surface area contributed by atoms with Crippen LogP contribution in [0.4, 0.5) is 10.1 Å². The summed E-state index contributed by atoms with van der Waals surface area (Å²) in [6, 6.07) is 10.6. The minimum Gasteiger partial charge on any atom is -0.397 e. The highest BCUT2D eigenvalue weighted by Gasteiger charge is 2.24. The normalized spacial score (nSPS) is 16.5. The van der Waals surface area contributed by atoms with Crippen LogP contribution in [0.1, 0.15) is 18.4 Å². The number of thioether (sulfide) groups is 1. The molecule has 0 spiro atoms. The summed E-state index contributed by atoms with van der Waals surface area (Å²) in [6.07, 6.45) is 3.92. The van der Waals surface area contributed by atoms with Crippen molar-refractivity contribution in [3.63, 3.8) is 0 Å². The van der Waals surface area contributed by atoms with E-state index in [2.05, 4.69) is 19.7 Å². The number of hydrogen-bond acceptors (Lipinski definition) is 7. The summed E-state index contributed by atoms with van der Waals surface area (Å²) in [6.45, 7) is 1.41. The zero-order chi connectivity index (χ0) is 20.5. The number of pyridine rings is 1. The second-order valence-corrected chi connectivity index (χ2v) is 9.07. The van der Waals surface area contributed by atoms with Gasteiger partial charge in [0, 0.05) is 23.9 Å². The molecule has 1 atom stereocenters. The van der Waals surface area contributed by atoms with Gasteiger partial charge in [-0.3, -0.25) is 4.57 Å². The standard InChI is InChI=1S/C21H20FN5OS2/c22-16-8-2-1-5-13(16)12-29-21-26-25-19(27(21)11-14-6-4-10-28-14)18-17(23)15-7-3-9-24-20(15)30-18/h1-3,5,7-9,14H,4,6,10-12,23H2/t14-/m0/s1. The average Bonchev–Trinajstić information content (AvgIpc) is 3.48. The van der Waals surface area contributed by atoms with Gasteiger partial charge >= 0.3 is 0 Å². The van der Waals surface area contributed by atoms with Gasteiger partial charge in [0.05, 0.1) is 23.2 Å². The number of rotatable bonds is 6. The molecule has 0 saturated carbocycles. The van der Waals surface area contributed by atoms with Gasteiger partial charge in [-0.2, -0.15) is 0 Å². The molecule has 154 valence electrons. The zero-order valence-electron chi connectivity index (χ0n) is 16.1. The fourth-order valence-electron chi connectivity index (χ4n) is 3.59. The van der Waals surface area contributed by atoms with E-state index in [4.69, 9.17) is 10.5 Å². The third kappa shape index (κ3) is 3.68. The van der Waals surface area contributed by atoms with Crippen LogP contribution < -0.4 is 5.73 Å². The summed E-state index contributed by atoms with van der Waals surface area (Å²) < 4.78 is 22.0. The van der Waals surface area contributed by atoms with E-state index in [1.807, 2.05) is 18.2 Å². The van der Waals surface area contributed by atoms with E-state index < -0.39 is 0 Å². The van der Waals surface area contributed by atoms with Crippen molar-refractivity contribution in [3.8, 4) is 10.7 Å². The number of nitrogen functional groups attached to an aromatic ring is 1. The second-order valence-electron chi connectivity index (χ2n) is 7.13. The molecule has 1 aliphatic rings. The van der Waals surface area contributed by atoms with Gasteiger partial charge in [0.2, 0.25) is 0 Å². The first-order valence-corrected chi connectivity index (χ1v) is 11.6. The number of thiophene rings is 1. The molecule has 0 unspecified atom stereocenters. The van der Waals surface area contributed by atoms with Crippen LogP contribution in [-0.2, 0) is 17.0 Å². The maximum absolute atomic E-state index is 14.1. The first-order valence-electron chi connectivity index (χ1n) is 9.75. The Hall–Kier alpha value is -2.49. The quantitative estimate of drug-likeness (QED) is 0.435. The third-order valence-corrected chi connectivity index (χ3v) is 7.29. The summed E-state index contributed by atoms with van der Waals surface area (Å²) in [5, 5.41) is 10.5. The van der Waals surface area contributed by atoms with Crippen LogP contribution in [0.2, 0.25) is 0 Å². The van der Waals surface area contributed by atoms with Crippen LogP contribution in [0, 0.1) is 5.82 Å². The van der Waals surface area contributed by atoms with Crippen molar-refractivity contribution in [2.75, 3.05) is 12.3 Å². The Morgan fingerprint density at radius 3 is 2.93 bits per heavy atom. The van der Waals surface area contributed by atoms with Crippen molar-refractivity contribution in [1.82, 2.24) is 19.7 Å². The van der Waals surface area contributed by atoms with E-state index in [1.165, 1.54) is 29.2 Å². The number of nitrogens with zero attached hydrogens (tertiary/aromatic N) is 4. The number of aromatic nitrogens is 4. The highest BCUT2D eigenvalue weighted by Crippen LogP contribution is 2.40. The first-order chi connectivity index (χ1) is 14.7. The Morgan fingerprint density at radius 1 is 1.23 bits per heavy atom. The van der Waals surface area contributed by atoms with Gasteiger partial charge in [-0.15, -0.1) is 21.5 Å². The van der Waals surface area contributed by atoms with Crippen LogP contribution in [-0.4, -0.2) is 32.5 Å². The van der Waals surface area contributed by atoms with Crippen LogP contribution in [0.25, 0.3) is 20.9 Å². The fourth-order valence-corrected chi connectivity index (χ4v) is 5.59. The van der Waals surface area contributed by atoms with Gasteiger partial charge in [-0.25, -0.2) is 9.37 Å². The molecule has 4 heterocycles. The molecule has 1 aliphatic heterocycles. The van der Waals surface area contributed by atoms with Crippen molar-refractivity contribution in [1.29, 1.82) is 0 Å². The molecule has 6 nitrogen and oxygen atoms in total. The molecule has 1 fully saturated rings. The lowest BCUT2D eigenvalue weighted by atomic mass is 10.2. The van der Waals surface area contributed by atoms with E-state index in [0.29, 0.717) is 29.4 Å². The zero-order valence-corrected chi connectivity index (χ0v) is 17.8. The lowest BCUT2D eigenvalue weighted by molar-refractivity contribution is 0.0953. The average molecular weight is 442 g/mol. The number of benzene rings is 1. The third-order valence-electron chi connectivity index (χ3n) is 5.15. The molecular formula is C21H20FN5OS2. The molecule has 5 rings (SSSR count). The molecule has 30 heavy (non-hydrogen) atoms. The summed E-state index contributed by atoms with van der Waals surface area (Å²) >= 11 is 2.98. The molecule has 0 aliphatic carbocycles. The van der Waals surface area contributed by atoms with E-state index in [-0.39, 0.29) is 11.9 Å². The van der Waals surface area contributed by atoms with E-state index >= 15 is 0 Å². The maximum Gasteiger partial charge on any atom is 0.191 e. The molecule has 0 bridgehead atoms. The molecule has 0 amide bonds. The van der Waals surface area contributed by atoms with E-state index in [0.717, 1.165) is 39.7 Å². The predicted octanol–water partition coefficient (Wildman–Crippen LogP) is 4.75. The lowest BCUT2D eigenvalue weighted by Gasteiger charge is -2.14. The summed E-state index contributed by atoms with van der Waals surface area (Å²) in [7, 11) is 0. The molecule has 4 aromatic rings. The minimum atomic E-state index is -0.213. The number of nitrogens with two attached hydrogens (primary N) is 1. The van der Waals surface area contributed by atoms with E-state index in [1.54, 1.807) is 18.3 Å². The molecule has 0 radical (unpaired) electrons. The largest absolute Gasteiger partial charge is 0.397 e. The SMILES string of the molecule is Nc1c(-c2nnc(SCc3ccccc3F)n2C[C@@H]2CCCO2)sc2ncccc12. The summed E-state index contributed by atoms with van der Waals surface area (Å²) in [5.41, 5.74) is 7.75. The monoisotopic (exact) mass is 441 g/mol. The van der Waals surface area contributed by atoms with E-state index in [9.17, 15) is 4.39 Å². The van der Waals surface area contributed by atoms with Crippen LogP contribution >= 0.6 is 23.1 Å². The smallest absolute Gasteiger partial charge is 0.191 e. The highest BCUT2D eigenvalue weighted by molar-refractivity contribution is 7.98. The van der Waals surface area contributed by atoms with Crippen LogP contribution in [0.3, 0.4) is 0 Å². The van der Waals surface area contributed by atoms with Gasteiger partial charge in [0.15, 0.2) is 11.0 Å². The first kappa shape index (κ1) is 19.5. The maximum atomic E-state index is 14.1. The van der Waals surface area contributed by atoms with Crippen molar-refractivity contribution >= 4 is 39.0 Å². The highest BCUT2D eigenvalue weighted by atomic mass is 32.2. The number of ether oxygens (including phenoxy) is 1. The second kappa shape index (κ2) is 8.33. The predicted molar refractivity (Wildman–Crippen MR) is 118 cm³/mol. The lowest BCUT2D eigenvalue weighted by Crippen LogP contribution is -2.16. The number of halogens is 1. The Balaban J connectivity index is 1.51. The molecule has 1 saturated heterocycles. The number of anilines is 1. The van der Waals surface area contributed by atoms with Gasteiger partial charge in [-0.1, -0.05) is 30.0 Å². The number of hydrogen-bond donors (Lipinski definition) is 1. The Bertz CT molecular complexity index is 1190. The molecule has 9 heteroatoms. The van der Waals surface area contributed by atoms with Gasteiger partial charge in [0.1, 0.15) is 10.6 Å². The van der Waals surface area contributed by atoms with Crippen LogP contribution in [0.15, 0.2) is 47.8 Å². The Kier molecular flexibility index (Phi) is 5.41. The Morgan fingerprint density at radius 2 is 2.13 bits per heavy atom. The Labute approximate surface area is 181 Å². The minimum absolute atomic E-state index is 0.112. The molecular weight excluding hydrogens is 421 g/mol.